The van der Waals surface area contributed by atoms with E-state index in [1.807, 2.05) is 0 Å². The molecule has 4 nitrogen and oxygen atoms in total. The van der Waals surface area contributed by atoms with Crippen LogP contribution >= 0.6 is 15.9 Å². The summed E-state index contributed by atoms with van der Waals surface area (Å²) in [6.07, 6.45) is -2.92. The van der Waals surface area contributed by atoms with Gasteiger partial charge in [0.05, 0.1) is 30.3 Å². The number of hydrogen-bond donors (Lipinski definition) is 0. The molecule has 0 aliphatic carbocycles. The Hall–Kier alpha value is -1.24. The lowest BCUT2D eigenvalue weighted by Gasteiger charge is -2.10. The minimum absolute atomic E-state index is 0.170. The highest BCUT2D eigenvalue weighted by Gasteiger charge is 2.18. The molecule has 0 aliphatic heterocycles. The Labute approximate surface area is 111 Å². The van der Waals surface area contributed by atoms with Crippen molar-refractivity contribution >= 4 is 21.9 Å². The Bertz CT molecular complexity index is 441. The van der Waals surface area contributed by atoms with E-state index in [4.69, 9.17) is 9.47 Å². The number of carbonyl (C=O) groups excluding carboxylic acids is 1. The largest absolute Gasteiger partial charge is 0.495 e. The fourth-order valence-electron chi connectivity index (χ4n) is 1.30. The Kier molecular flexibility index (Phi) is 5.46. The Balaban J connectivity index is 3.08. The van der Waals surface area contributed by atoms with E-state index in [1.165, 1.54) is 7.11 Å². The van der Waals surface area contributed by atoms with Gasteiger partial charge in [0.1, 0.15) is 11.4 Å². The summed E-state index contributed by atoms with van der Waals surface area (Å²) in [5, 5.41) is 0. The predicted molar refractivity (Wildman–Crippen MR) is 63.8 cm³/mol. The molecule has 0 spiro atoms. The van der Waals surface area contributed by atoms with E-state index in [0.717, 1.165) is 6.07 Å². The van der Waals surface area contributed by atoms with Gasteiger partial charge in [-0.3, -0.25) is 4.79 Å². The number of rotatable bonds is 5. The number of methoxy groups -OCH3 is 1. The maximum Gasteiger partial charge on any atom is 0.311 e. The average Bonchev–Trinajstić information content (AvgIpc) is 2.31. The van der Waals surface area contributed by atoms with Crippen molar-refractivity contribution in [3.05, 3.63) is 21.9 Å². The van der Waals surface area contributed by atoms with Crippen molar-refractivity contribution in [3.8, 4) is 5.75 Å². The van der Waals surface area contributed by atoms with Crippen LogP contribution in [0.25, 0.3) is 0 Å². The summed E-state index contributed by atoms with van der Waals surface area (Å²) in [5.74, 6) is -0.321. The number of aromatic nitrogens is 1. The molecule has 1 aromatic rings. The molecule has 100 valence electrons. The van der Waals surface area contributed by atoms with Crippen molar-refractivity contribution in [1.82, 2.24) is 4.98 Å². The van der Waals surface area contributed by atoms with Crippen LogP contribution in [0.1, 0.15) is 24.7 Å². The van der Waals surface area contributed by atoms with Crippen LogP contribution in [-0.2, 0) is 16.0 Å². The van der Waals surface area contributed by atoms with Crippen molar-refractivity contribution in [1.29, 1.82) is 0 Å². The molecule has 0 atom stereocenters. The van der Waals surface area contributed by atoms with Crippen LogP contribution in [0.15, 0.2) is 10.5 Å². The predicted octanol–water partition coefficient (Wildman–Crippen LogP) is 2.90. The third-order valence-electron chi connectivity index (χ3n) is 2.07. The van der Waals surface area contributed by atoms with Crippen molar-refractivity contribution in [2.24, 2.45) is 0 Å². The molecule has 18 heavy (non-hydrogen) atoms. The molecule has 0 aliphatic rings. The van der Waals surface area contributed by atoms with E-state index in [9.17, 15) is 13.6 Å². The Morgan fingerprint density at radius 1 is 1.56 bits per heavy atom. The second-order valence-electron chi connectivity index (χ2n) is 3.29. The van der Waals surface area contributed by atoms with E-state index in [2.05, 4.69) is 20.9 Å². The van der Waals surface area contributed by atoms with E-state index >= 15 is 0 Å². The van der Waals surface area contributed by atoms with Crippen LogP contribution in [0.2, 0.25) is 0 Å². The second-order valence-corrected chi connectivity index (χ2v) is 4.09. The van der Waals surface area contributed by atoms with Gasteiger partial charge in [-0.25, -0.2) is 13.8 Å². The van der Waals surface area contributed by atoms with Gasteiger partial charge in [-0.2, -0.15) is 0 Å². The maximum atomic E-state index is 12.6. The molecule has 7 heteroatoms. The van der Waals surface area contributed by atoms with Crippen molar-refractivity contribution in [3.63, 3.8) is 0 Å². The molecule has 0 bridgehead atoms. The minimum Gasteiger partial charge on any atom is -0.495 e. The minimum atomic E-state index is -2.73. The molecule has 0 amide bonds. The quantitative estimate of drug-likeness (QED) is 0.782. The van der Waals surface area contributed by atoms with Gasteiger partial charge in [-0.1, -0.05) is 0 Å². The van der Waals surface area contributed by atoms with Gasteiger partial charge >= 0.3 is 5.97 Å². The van der Waals surface area contributed by atoms with Crippen molar-refractivity contribution in [2.45, 2.75) is 19.8 Å². The molecular formula is C11H12BrF2NO3. The number of pyridine rings is 1. The highest BCUT2D eigenvalue weighted by Crippen LogP contribution is 2.31. The van der Waals surface area contributed by atoms with Crippen LogP contribution in [0, 0.1) is 0 Å². The molecule has 0 aromatic carbocycles. The van der Waals surface area contributed by atoms with Gasteiger partial charge in [-0.15, -0.1) is 0 Å². The SMILES string of the molecule is CCOC(=O)Cc1nc(C(F)F)cc(OC)c1Br. The molecule has 0 unspecified atom stereocenters. The number of esters is 1. The Morgan fingerprint density at radius 2 is 2.22 bits per heavy atom. The molecule has 0 fully saturated rings. The lowest BCUT2D eigenvalue weighted by molar-refractivity contribution is -0.142. The third kappa shape index (κ3) is 3.63. The van der Waals surface area contributed by atoms with E-state index in [0.29, 0.717) is 4.47 Å². The molecule has 1 aromatic heterocycles. The third-order valence-corrected chi connectivity index (χ3v) is 2.92. The fourth-order valence-corrected chi connectivity index (χ4v) is 1.81. The molecule has 0 saturated heterocycles. The number of nitrogens with zero attached hydrogens (tertiary/aromatic N) is 1. The summed E-state index contributed by atoms with van der Waals surface area (Å²) in [5.41, 5.74) is -0.266. The van der Waals surface area contributed by atoms with Crippen LogP contribution in [0.3, 0.4) is 0 Å². The van der Waals surface area contributed by atoms with Crippen LogP contribution < -0.4 is 4.74 Å². The second kappa shape index (κ2) is 6.63. The zero-order valence-corrected chi connectivity index (χ0v) is 11.5. The first-order valence-corrected chi connectivity index (χ1v) is 5.96. The monoisotopic (exact) mass is 323 g/mol. The number of alkyl halides is 2. The molecule has 1 heterocycles. The summed E-state index contributed by atoms with van der Waals surface area (Å²) in [7, 11) is 1.35. The topological polar surface area (TPSA) is 48.4 Å². The zero-order valence-electron chi connectivity index (χ0n) is 9.87. The smallest absolute Gasteiger partial charge is 0.311 e. The Morgan fingerprint density at radius 3 is 2.72 bits per heavy atom. The summed E-state index contributed by atoms with van der Waals surface area (Å²) in [4.78, 5) is 15.1. The van der Waals surface area contributed by atoms with Crippen molar-refractivity contribution < 1.29 is 23.0 Å². The summed E-state index contributed by atoms with van der Waals surface area (Å²) in [6, 6.07) is 1.13. The fraction of sp³-hybridized carbons (Fsp3) is 0.455. The molecule has 0 saturated carbocycles. The molecular weight excluding hydrogens is 312 g/mol. The zero-order chi connectivity index (χ0) is 13.7. The van der Waals surface area contributed by atoms with Crippen LogP contribution in [0.4, 0.5) is 8.78 Å². The number of hydrogen-bond acceptors (Lipinski definition) is 4. The van der Waals surface area contributed by atoms with E-state index in [1.54, 1.807) is 6.92 Å². The van der Waals surface area contributed by atoms with E-state index in [-0.39, 0.29) is 24.5 Å². The van der Waals surface area contributed by atoms with Gasteiger partial charge < -0.3 is 9.47 Å². The lowest BCUT2D eigenvalue weighted by Crippen LogP contribution is -2.11. The molecule has 0 N–H and O–H groups in total. The highest BCUT2D eigenvalue weighted by atomic mass is 79.9. The first kappa shape index (κ1) is 14.8. The summed E-state index contributed by atoms with van der Waals surface area (Å²) in [6.45, 7) is 1.89. The first-order valence-electron chi connectivity index (χ1n) is 5.16. The van der Waals surface area contributed by atoms with Gasteiger partial charge in [0.2, 0.25) is 0 Å². The summed E-state index contributed by atoms with van der Waals surface area (Å²) < 4.78 is 35.3. The number of halogens is 3. The normalized spacial score (nSPS) is 10.6. The molecule has 1 rings (SSSR count). The number of carbonyl (C=O) groups is 1. The molecule has 0 radical (unpaired) electrons. The van der Waals surface area contributed by atoms with Gasteiger partial charge in [0.15, 0.2) is 0 Å². The van der Waals surface area contributed by atoms with Gasteiger partial charge in [0.25, 0.3) is 6.43 Å². The van der Waals surface area contributed by atoms with Gasteiger partial charge in [-0.05, 0) is 22.9 Å². The van der Waals surface area contributed by atoms with Crippen LogP contribution in [-0.4, -0.2) is 24.7 Å². The van der Waals surface area contributed by atoms with E-state index < -0.39 is 18.1 Å². The highest BCUT2D eigenvalue weighted by molar-refractivity contribution is 9.10. The first-order chi connectivity index (χ1) is 8.49. The van der Waals surface area contributed by atoms with Crippen molar-refractivity contribution in [2.75, 3.05) is 13.7 Å². The average molecular weight is 324 g/mol. The maximum absolute atomic E-state index is 12.6. The summed E-state index contributed by atoms with van der Waals surface area (Å²) >= 11 is 3.16. The standard InChI is InChI=1S/C11H12BrF2NO3/c1-3-18-9(16)5-6-10(12)8(17-2)4-7(15-6)11(13)14/h4,11H,3,5H2,1-2H3. The van der Waals surface area contributed by atoms with Gasteiger partial charge in [0, 0.05) is 6.07 Å². The lowest BCUT2D eigenvalue weighted by atomic mass is 10.2. The number of ether oxygens (including phenoxy) is 2. The van der Waals surface area contributed by atoms with Crippen LogP contribution in [0.5, 0.6) is 5.75 Å².